The smallest absolute Gasteiger partial charge is 0.170 e. The molecule has 0 radical (unpaired) electrons. The van der Waals surface area contributed by atoms with Gasteiger partial charge in [0.2, 0.25) is 0 Å². The van der Waals surface area contributed by atoms with Gasteiger partial charge in [-0.1, -0.05) is 5.92 Å². The predicted molar refractivity (Wildman–Crippen MR) is 45.7 cm³/mol. The maximum absolute atomic E-state index is 5.27. The lowest BCUT2D eigenvalue weighted by atomic mass is 10.3. The lowest BCUT2D eigenvalue weighted by molar-refractivity contribution is 0.929. The molecule has 12 heavy (non-hydrogen) atoms. The highest BCUT2D eigenvalue weighted by Gasteiger charge is 2.01. The highest BCUT2D eigenvalue weighted by molar-refractivity contribution is 5.55. The maximum Gasteiger partial charge on any atom is 0.170 e. The van der Waals surface area contributed by atoms with E-state index >= 15 is 0 Å². The summed E-state index contributed by atoms with van der Waals surface area (Å²) < 4.78 is 1.67. The first-order valence-corrected chi connectivity index (χ1v) is 3.59. The highest BCUT2D eigenvalue weighted by Crippen LogP contribution is 2.06. The summed E-state index contributed by atoms with van der Waals surface area (Å²) in [5.41, 5.74) is 2.43. The van der Waals surface area contributed by atoms with Crippen LogP contribution in [0.3, 0.4) is 0 Å². The molecule has 3 nitrogen and oxygen atoms in total. The molecule has 2 heterocycles. The van der Waals surface area contributed by atoms with Gasteiger partial charge in [-0.05, 0) is 13.0 Å². The largest absolute Gasteiger partial charge is 0.233 e. The first kappa shape index (κ1) is 6.86. The zero-order valence-electron chi connectivity index (χ0n) is 6.65. The van der Waals surface area contributed by atoms with E-state index in [2.05, 4.69) is 16.0 Å². The standard InChI is InChI=1S/C9H7N3/c1-3-8-6-10-12-5-4-7(2)11-9(8)12/h1,4-6H,2H3. The van der Waals surface area contributed by atoms with Gasteiger partial charge < -0.3 is 0 Å². The molecule has 0 aromatic carbocycles. The molecule has 0 aliphatic carbocycles. The second kappa shape index (κ2) is 2.35. The number of aryl methyl sites for hydroxylation is 1. The molecule has 0 saturated carbocycles. The van der Waals surface area contributed by atoms with Gasteiger partial charge in [-0.15, -0.1) is 6.42 Å². The van der Waals surface area contributed by atoms with Crippen molar-refractivity contribution in [2.45, 2.75) is 6.92 Å². The van der Waals surface area contributed by atoms with Crippen LogP contribution in [0.25, 0.3) is 5.65 Å². The van der Waals surface area contributed by atoms with Crippen molar-refractivity contribution in [3.63, 3.8) is 0 Å². The molecule has 0 unspecified atom stereocenters. The minimum Gasteiger partial charge on any atom is -0.233 e. The Bertz CT molecular complexity index is 462. The van der Waals surface area contributed by atoms with Gasteiger partial charge in [0.1, 0.15) is 0 Å². The van der Waals surface area contributed by atoms with Crippen molar-refractivity contribution in [2.75, 3.05) is 0 Å². The van der Waals surface area contributed by atoms with Crippen LogP contribution in [-0.4, -0.2) is 14.6 Å². The van der Waals surface area contributed by atoms with Gasteiger partial charge in [0.15, 0.2) is 5.65 Å². The van der Waals surface area contributed by atoms with Crippen LogP contribution in [0.1, 0.15) is 11.3 Å². The second-order valence-electron chi connectivity index (χ2n) is 2.54. The average Bonchev–Trinajstić information content (AvgIpc) is 2.46. The summed E-state index contributed by atoms with van der Waals surface area (Å²) in [7, 11) is 0. The molecule has 0 saturated heterocycles. The molecule has 0 fully saturated rings. The van der Waals surface area contributed by atoms with Gasteiger partial charge in [-0.3, -0.25) is 0 Å². The zero-order valence-corrected chi connectivity index (χ0v) is 6.65. The Balaban J connectivity index is 2.86. The summed E-state index contributed by atoms with van der Waals surface area (Å²) in [5.74, 6) is 2.53. The highest BCUT2D eigenvalue weighted by atomic mass is 15.2. The van der Waals surface area contributed by atoms with Crippen molar-refractivity contribution in [2.24, 2.45) is 0 Å². The van der Waals surface area contributed by atoms with Gasteiger partial charge in [0.05, 0.1) is 11.8 Å². The average molecular weight is 157 g/mol. The fourth-order valence-corrected chi connectivity index (χ4v) is 1.06. The SMILES string of the molecule is C#Cc1cnn2ccc(C)nc12. The first-order valence-electron chi connectivity index (χ1n) is 3.59. The van der Waals surface area contributed by atoms with E-state index < -0.39 is 0 Å². The number of hydrogen-bond acceptors (Lipinski definition) is 2. The summed E-state index contributed by atoms with van der Waals surface area (Å²) in [6.07, 6.45) is 8.75. The molecule has 58 valence electrons. The van der Waals surface area contributed by atoms with Crippen LogP contribution in [0, 0.1) is 19.3 Å². The summed E-state index contributed by atoms with van der Waals surface area (Å²) in [6.45, 7) is 1.92. The van der Waals surface area contributed by atoms with E-state index in [-0.39, 0.29) is 0 Å². The van der Waals surface area contributed by atoms with Crippen LogP contribution in [0.2, 0.25) is 0 Å². The number of terminal acetylenes is 1. The Kier molecular flexibility index (Phi) is 1.34. The minimum absolute atomic E-state index is 0.735. The van der Waals surface area contributed by atoms with Crippen molar-refractivity contribution in [3.8, 4) is 12.3 Å². The summed E-state index contributed by atoms with van der Waals surface area (Å²) in [5, 5.41) is 4.04. The first-order chi connectivity index (χ1) is 5.81. The van der Waals surface area contributed by atoms with Crippen molar-refractivity contribution in [1.29, 1.82) is 0 Å². The van der Waals surface area contributed by atoms with Crippen molar-refractivity contribution < 1.29 is 0 Å². The van der Waals surface area contributed by atoms with Gasteiger partial charge in [-0.25, -0.2) is 9.50 Å². The van der Waals surface area contributed by atoms with Crippen LogP contribution in [0.15, 0.2) is 18.5 Å². The fourth-order valence-electron chi connectivity index (χ4n) is 1.06. The Labute approximate surface area is 70.1 Å². The van der Waals surface area contributed by atoms with Gasteiger partial charge in [-0.2, -0.15) is 5.10 Å². The Morgan fingerprint density at radius 2 is 2.42 bits per heavy atom. The van der Waals surface area contributed by atoms with Gasteiger partial charge in [0, 0.05) is 11.9 Å². The summed E-state index contributed by atoms with van der Waals surface area (Å²) >= 11 is 0. The van der Waals surface area contributed by atoms with Crippen molar-refractivity contribution in [1.82, 2.24) is 14.6 Å². The Morgan fingerprint density at radius 3 is 3.17 bits per heavy atom. The molecule has 2 aromatic rings. The molecule has 3 heteroatoms. The van der Waals surface area contributed by atoms with Crippen LogP contribution >= 0.6 is 0 Å². The molecule has 2 aromatic heterocycles. The van der Waals surface area contributed by atoms with Crippen LogP contribution in [0.4, 0.5) is 0 Å². The lowest BCUT2D eigenvalue weighted by Crippen LogP contribution is -1.91. The van der Waals surface area contributed by atoms with Crippen LogP contribution in [-0.2, 0) is 0 Å². The van der Waals surface area contributed by atoms with E-state index in [9.17, 15) is 0 Å². The molecule has 0 aliphatic heterocycles. The molecule has 0 atom stereocenters. The van der Waals surface area contributed by atoms with E-state index in [1.807, 2.05) is 19.2 Å². The number of nitrogens with zero attached hydrogens (tertiary/aromatic N) is 3. The Hall–Kier alpha value is -1.82. The van der Waals surface area contributed by atoms with Crippen molar-refractivity contribution in [3.05, 3.63) is 29.7 Å². The fraction of sp³-hybridized carbons (Fsp3) is 0.111. The quantitative estimate of drug-likeness (QED) is 0.534. The molecular weight excluding hydrogens is 150 g/mol. The molecule has 0 N–H and O–H groups in total. The summed E-state index contributed by atoms with van der Waals surface area (Å²) in [4.78, 5) is 4.26. The van der Waals surface area contributed by atoms with Crippen LogP contribution < -0.4 is 0 Å². The second-order valence-corrected chi connectivity index (χ2v) is 2.54. The van der Waals surface area contributed by atoms with Gasteiger partial charge >= 0.3 is 0 Å². The lowest BCUT2D eigenvalue weighted by Gasteiger charge is -1.93. The number of hydrogen-bond donors (Lipinski definition) is 0. The van der Waals surface area contributed by atoms with Crippen molar-refractivity contribution >= 4 is 5.65 Å². The molecule has 0 aliphatic rings. The maximum atomic E-state index is 5.27. The molecule has 0 bridgehead atoms. The number of rotatable bonds is 0. The molecule has 0 spiro atoms. The number of fused-ring (bicyclic) bond motifs is 1. The zero-order chi connectivity index (χ0) is 8.55. The third-order valence-electron chi connectivity index (χ3n) is 1.66. The van der Waals surface area contributed by atoms with E-state index in [1.54, 1.807) is 10.7 Å². The minimum atomic E-state index is 0.735. The van der Waals surface area contributed by atoms with E-state index in [0.717, 1.165) is 16.9 Å². The van der Waals surface area contributed by atoms with E-state index in [1.165, 1.54) is 0 Å². The third kappa shape index (κ3) is 0.857. The molecule has 2 rings (SSSR count). The molecular formula is C9H7N3. The monoisotopic (exact) mass is 157 g/mol. The molecule has 0 amide bonds. The topological polar surface area (TPSA) is 30.2 Å². The Morgan fingerprint density at radius 1 is 1.58 bits per heavy atom. The third-order valence-corrected chi connectivity index (χ3v) is 1.66. The van der Waals surface area contributed by atoms with E-state index in [0.29, 0.717) is 0 Å². The number of aromatic nitrogens is 3. The van der Waals surface area contributed by atoms with E-state index in [4.69, 9.17) is 6.42 Å². The normalized spacial score (nSPS) is 10.0. The predicted octanol–water partition coefficient (Wildman–Crippen LogP) is 1.02. The summed E-state index contributed by atoms with van der Waals surface area (Å²) in [6, 6.07) is 1.89. The van der Waals surface area contributed by atoms with Crippen LogP contribution in [0.5, 0.6) is 0 Å². The van der Waals surface area contributed by atoms with Gasteiger partial charge in [0.25, 0.3) is 0 Å².